The highest BCUT2D eigenvalue weighted by atomic mass is 19.4. The van der Waals surface area contributed by atoms with Crippen LogP contribution in [0.4, 0.5) is 18.9 Å². The highest BCUT2D eigenvalue weighted by Crippen LogP contribution is 2.34. The number of rotatable bonds is 6. The van der Waals surface area contributed by atoms with Gasteiger partial charge in [0.15, 0.2) is 0 Å². The fourth-order valence-corrected chi connectivity index (χ4v) is 2.03. The molecule has 0 radical (unpaired) electrons. The van der Waals surface area contributed by atoms with E-state index < -0.39 is 23.3 Å². The number of benzene rings is 1. The predicted octanol–water partition coefficient (Wildman–Crippen LogP) is 3.73. The second-order valence-electron chi connectivity index (χ2n) is 4.48. The van der Waals surface area contributed by atoms with Gasteiger partial charge < -0.3 is 10.0 Å². The van der Waals surface area contributed by atoms with Gasteiger partial charge in [-0.05, 0) is 24.6 Å². The molecule has 0 saturated heterocycles. The van der Waals surface area contributed by atoms with Crippen molar-refractivity contribution in [1.29, 1.82) is 5.26 Å². The summed E-state index contributed by atoms with van der Waals surface area (Å²) in [5.41, 5.74) is -1.60. The lowest BCUT2D eigenvalue weighted by atomic mass is 10.0. The predicted molar refractivity (Wildman–Crippen MR) is 81.8 cm³/mol. The van der Waals surface area contributed by atoms with Crippen LogP contribution in [-0.2, 0) is 11.0 Å². The summed E-state index contributed by atoms with van der Waals surface area (Å²) in [6, 6.07) is 3.93. The van der Waals surface area contributed by atoms with Gasteiger partial charge in [-0.1, -0.05) is 27.2 Å². The Kier molecular flexibility index (Phi) is 8.96. The lowest BCUT2D eigenvalue weighted by molar-refractivity contribution is -0.137. The average molecular weight is 330 g/mol. The van der Waals surface area contributed by atoms with Crippen molar-refractivity contribution in [2.45, 2.75) is 45.8 Å². The minimum absolute atomic E-state index is 0.00354. The van der Waals surface area contributed by atoms with Gasteiger partial charge in [0, 0.05) is 5.69 Å². The number of halogens is 3. The van der Waals surface area contributed by atoms with E-state index in [0.29, 0.717) is 19.3 Å². The highest BCUT2D eigenvalue weighted by molar-refractivity contribution is 5.77. The molecule has 1 N–H and O–H groups in total. The van der Waals surface area contributed by atoms with Gasteiger partial charge in [-0.15, -0.1) is 0 Å². The molecule has 0 aliphatic rings. The SMILES string of the molecule is CC.CCCC(CO)N(C=O)c1ccc(C#N)c(C(F)(F)F)c1. The van der Waals surface area contributed by atoms with Crippen LogP contribution in [0.5, 0.6) is 0 Å². The topological polar surface area (TPSA) is 64.3 Å². The molecule has 1 aromatic carbocycles. The summed E-state index contributed by atoms with van der Waals surface area (Å²) in [4.78, 5) is 12.2. The van der Waals surface area contributed by atoms with Gasteiger partial charge in [-0.2, -0.15) is 18.4 Å². The monoisotopic (exact) mass is 330 g/mol. The summed E-state index contributed by atoms with van der Waals surface area (Å²) < 4.78 is 38.7. The first-order chi connectivity index (χ1) is 10.9. The zero-order chi connectivity index (χ0) is 18.0. The van der Waals surface area contributed by atoms with Crippen molar-refractivity contribution >= 4 is 12.1 Å². The fraction of sp³-hybridized carbons (Fsp3) is 0.500. The summed E-state index contributed by atoms with van der Waals surface area (Å²) in [5.74, 6) is 0. The first-order valence-electron chi connectivity index (χ1n) is 7.34. The van der Waals surface area contributed by atoms with Crippen molar-refractivity contribution in [3.63, 3.8) is 0 Å². The smallest absolute Gasteiger partial charge is 0.394 e. The van der Waals surface area contributed by atoms with Crippen LogP contribution >= 0.6 is 0 Å². The molecular formula is C16H21F3N2O2. The number of anilines is 1. The third-order valence-electron chi connectivity index (χ3n) is 3.07. The molecule has 0 heterocycles. The molecule has 0 aliphatic carbocycles. The largest absolute Gasteiger partial charge is 0.417 e. The first-order valence-corrected chi connectivity index (χ1v) is 7.34. The molecule has 1 amide bonds. The van der Waals surface area contributed by atoms with Crippen molar-refractivity contribution in [3.05, 3.63) is 29.3 Å². The molecule has 23 heavy (non-hydrogen) atoms. The van der Waals surface area contributed by atoms with Gasteiger partial charge in [0.25, 0.3) is 0 Å². The Morgan fingerprint density at radius 2 is 2.00 bits per heavy atom. The number of nitriles is 1. The number of hydrogen-bond acceptors (Lipinski definition) is 3. The maximum atomic E-state index is 12.9. The Balaban J connectivity index is 0.00000232. The lowest BCUT2D eigenvalue weighted by Gasteiger charge is -2.27. The van der Waals surface area contributed by atoms with E-state index in [-0.39, 0.29) is 12.3 Å². The second-order valence-corrected chi connectivity index (χ2v) is 4.48. The van der Waals surface area contributed by atoms with E-state index in [1.165, 1.54) is 12.1 Å². The van der Waals surface area contributed by atoms with Gasteiger partial charge in [-0.25, -0.2) is 0 Å². The number of carbonyl (C=O) groups excluding carboxylic acids is 1. The molecule has 1 unspecified atom stereocenters. The van der Waals surface area contributed by atoms with Crippen LogP contribution in [0.15, 0.2) is 18.2 Å². The normalized spacial score (nSPS) is 11.7. The quantitative estimate of drug-likeness (QED) is 0.808. The van der Waals surface area contributed by atoms with Crippen LogP contribution in [0.1, 0.15) is 44.7 Å². The van der Waals surface area contributed by atoms with E-state index in [2.05, 4.69) is 0 Å². The zero-order valence-electron chi connectivity index (χ0n) is 13.4. The summed E-state index contributed by atoms with van der Waals surface area (Å²) >= 11 is 0. The molecule has 128 valence electrons. The summed E-state index contributed by atoms with van der Waals surface area (Å²) in [6.45, 7) is 5.49. The molecule has 0 bridgehead atoms. The fourth-order valence-electron chi connectivity index (χ4n) is 2.03. The molecule has 1 atom stereocenters. The number of hydrogen-bond donors (Lipinski definition) is 1. The number of alkyl halides is 3. The Morgan fingerprint density at radius 1 is 1.39 bits per heavy atom. The molecule has 4 nitrogen and oxygen atoms in total. The van der Waals surface area contributed by atoms with E-state index in [1.54, 1.807) is 0 Å². The minimum Gasteiger partial charge on any atom is -0.394 e. The van der Waals surface area contributed by atoms with Gasteiger partial charge in [-0.3, -0.25) is 4.79 Å². The standard InChI is InChI=1S/C14H15F3N2O2.C2H6/c1-2-3-12(8-20)19(9-21)11-5-4-10(7-18)13(6-11)14(15,16)17;1-2/h4-6,9,12,20H,2-3,8H2,1H3;1-2H3. The van der Waals surface area contributed by atoms with E-state index in [4.69, 9.17) is 5.26 Å². The van der Waals surface area contributed by atoms with Crippen LogP contribution in [0, 0.1) is 11.3 Å². The van der Waals surface area contributed by atoms with Crippen LogP contribution in [-0.4, -0.2) is 24.2 Å². The highest BCUT2D eigenvalue weighted by Gasteiger charge is 2.34. The Labute approximate surface area is 134 Å². The molecule has 7 heteroatoms. The molecule has 0 saturated carbocycles. The molecular weight excluding hydrogens is 309 g/mol. The van der Waals surface area contributed by atoms with Gasteiger partial charge in [0.2, 0.25) is 6.41 Å². The van der Waals surface area contributed by atoms with Crippen molar-refractivity contribution in [2.75, 3.05) is 11.5 Å². The maximum Gasteiger partial charge on any atom is 0.417 e. The lowest BCUT2D eigenvalue weighted by Crippen LogP contribution is -2.37. The number of aliphatic hydroxyl groups is 1. The Hall–Kier alpha value is -2.07. The third kappa shape index (κ3) is 5.57. The number of carbonyl (C=O) groups is 1. The average Bonchev–Trinajstić information content (AvgIpc) is 2.55. The minimum atomic E-state index is -4.69. The first kappa shape index (κ1) is 20.9. The van der Waals surface area contributed by atoms with Crippen molar-refractivity contribution < 1.29 is 23.1 Å². The van der Waals surface area contributed by atoms with Crippen molar-refractivity contribution in [2.24, 2.45) is 0 Å². The van der Waals surface area contributed by atoms with E-state index >= 15 is 0 Å². The third-order valence-corrected chi connectivity index (χ3v) is 3.07. The van der Waals surface area contributed by atoms with Gasteiger partial charge >= 0.3 is 6.18 Å². The molecule has 0 aromatic heterocycles. The van der Waals surface area contributed by atoms with Gasteiger partial charge in [0.05, 0.1) is 29.8 Å². The Bertz CT molecular complexity index is 539. The summed E-state index contributed by atoms with van der Waals surface area (Å²) in [6.07, 6.45) is -3.18. The van der Waals surface area contributed by atoms with Crippen molar-refractivity contribution in [1.82, 2.24) is 0 Å². The van der Waals surface area contributed by atoms with Crippen LogP contribution in [0.3, 0.4) is 0 Å². The maximum absolute atomic E-state index is 12.9. The molecule has 1 aromatic rings. The Morgan fingerprint density at radius 3 is 2.39 bits per heavy atom. The van der Waals surface area contributed by atoms with E-state index in [9.17, 15) is 23.1 Å². The van der Waals surface area contributed by atoms with Gasteiger partial charge in [0.1, 0.15) is 0 Å². The van der Waals surface area contributed by atoms with Crippen LogP contribution in [0.25, 0.3) is 0 Å². The molecule has 0 aliphatic heterocycles. The summed E-state index contributed by atoms with van der Waals surface area (Å²) in [7, 11) is 0. The second kappa shape index (κ2) is 9.85. The van der Waals surface area contributed by atoms with E-state index in [0.717, 1.165) is 17.0 Å². The summed E-state index contributed by atoms with van der Waals surface area (Å²) in [5, 5.41) is 18.0. The van der Waals surface area contributed by atoms with Crippen LogP contribution < -0.4 is 4.90 Å². The van der Waals surface area contributed by atoms with Crippen molar-refractivity contribution in [3.8, 4) is 6.07 Å². The van der Waals surface area contributed by atoms with Crippen LogP contribution in [0.2, 0.25) is 0 Å². The van der Waals surface area contributed by atoms with E-state index in [1.807, 2.05) is 20.8 Å². The molecule has 1 rings (SSSR count). The number of nitrogens with zero attached hydrogens (tertiary/aromatic N) is 2. The number of aliphatic hydroxyl groups excluding tert-OH is 1. The zero-order valence-corrected chi connectivity index (χ0v) is 13.4. The molecule has 0 fully saturated rings. The number of amides is 1. The molecule has 0 spiro atoms.